The molecule has 1 fully saturated rings. The van der Waals surface area contributed by atoms with Gasteiger partial charge in [0.1, 0.15) is 5.78 Å². The number of benzene rings is 1. The summed E-state index contributed by atoms with van der Waals surface area (Å²) in [6.45, 7) is 0. The molecule has 0 heterocycles. The number of carbonyl (C=O) groups is 3. The van der Waals surface area contributed by atoms with Crippen molar-refractivity contribution in [1.29, 1.82) is 0 Å². The highest BCUT2D eigenvalue weighted by molar-refractivity contribution is 6.39. The van der Waals surface area contributed by atoms with Crippen LogP contribution in [-0.2, 0) is 9.59 Å². The molecule has 1 saturated carbocycles. The molecule has 1 amide bonds. The first kappa shape index (κ1) is 17.7. The Labute approximate surface area is 143 Å². The van der Waals surface area contributed by atoms with Crippen molar-refractivity contribution in [2.24, 2.45) is 11.8 Å². The van der Waals surface area contributed by atoms with Crippen LogP contribution in [0.15, 0.2) is 18.2 Å². The third-order valence-electron chi connectivity index (χ3n) is 3.99. The Morgan fingerprint density at radius 1 is 1.26 bits per heavy atom. The van der Waals surface area contributed by atoms with E-state index in [1.807, 2.05) is 0 Å². The number of hydrogen-bond acceptors (Lipinski definition) is 4. The Hall–Kier alpha value is -1.63. The second kappa shape index (κ2) is 7.29. The summed E-state index contributed by atoms with van der Waals surface area (Å²) >= 11 is 11.9. The minimum Gasteiger partial charge on any atom is -0.480 e. The number of carboxylic acids is 1. The summed E-state index contributed by atoms with van der Waals surface area (Å²) < 4.78 is 0. The number of rotatable bonds is 6. The third-order valence-corrected chi connectivity index (χ3v) is 4.62. The predicted octanol–water partition coefficient (Wildman–Crippen LogP) is 2.52. The van der Waals surface area contributed by atoms with Crippen LogP contribution in [0, 0.1) is 5.92 Å². The SMILES string of the molecule is NN(C(=O)c1c(Cl)cccc1Cl)[C@@H](CC(=O)C1CCC1)C(=O)O. The number of ketones is 1. The van der Waals surface area contributed by atoms with E-state index < -0.39 is 17.9 Å². The van der Waals surface area contributed by atoms with Gasteiger partial charge in [-0.3, -0.25) is 14.6 Å². The van der Waals surface area contributed by atoms with E-state index in [4.69, 9.17) is 29.0 Å². The molecule has 0 saturated heterocycles. The maximum atomic E-state index is 12.4. The highest BCUT2D eigenvalue weighted by Crippen LogP contribution is 2.30. The molecule has 0 radical (unpaired) electrons. The molecule has 0 spiro atoms. The van der Waals surface area contributed by atoms with Gasteiger partial charge in [0, 0.05) is 12.3 Å². The Kier molecular flexibility index (Phi) is 5.62. The Balaban J connectivity index is 2.19. The molecule has 1 aliphatic rings. The number of Topliss-reactive ketones (excluding diaryl/α,β-unsaturated/α-hetero) is 1. The molecule has 1 aliphatic carbocycles. The molecule has 8 heteroatoms. The number of hydrazine groups is 1. The molecule has 0 bridgehead atoms. The Morgan fingerprint density at radius 2 is 1.83 bits per heavy atom. The summed E-state index contributed by atoms with van der Waals surface area (Å²) in [6.07, 6.45) is 2.12. The van der Waals surface area contributed by atoms with Crippen LogP contribution in [0.25, 0.3) is 0 Å². The van der Waals surface area contributed by atoms with Gasteiger partial charge in [-0.1, -0.05) is 35.7 Å². The van der Waals surface area contributed by atoms with Crippen LogP contribution in [-0.4, -0.2) is 33.8 Å². The number of halogens is 2. The molecular formula is C15H16Cl2N2O4. The zero-order valence-electron chi connectivity index (χ0n) is 12.2. The number of aliphatic carboxylic acids is 1. The minimum atomic E-state index is -1.46. The van der Waals surface area contributed by atoms with E-state index in [0.29, 0.717) is 5.01 Å². The second-order valence-corrected chi connectivity index (χ2v) is 6.28. The van der Waals surface area contributed by atoms with Crippen molar-refractivity contribution in [3.05, 3.63) is 33.8 Å². The zero-order chi connectivity index (χ0) is 17.1. The first-order valence-corrected chi connectivity index (χ1v) is 7.86. The molecule has 6 nitrogen and oxygen atoms in total. The van der Waals surface area contributed by atoms with Gasteiger partial charge in [0.15, 0.2) is 6.04 Å². The predicted molar refractivity (Wildman–Crippen MR) is 85.2 cm³/mol. The number of carbonyl (C=O) groups excluding carboxylic acids is 2. The maximum Gasteiger partial charge on any atom is 0.328 e. The Bertz CT molecular complexity index is 626. The largest absolute Gasteiger partial charge is 0.480 e. The number of hydrogen-bond donors (Lipinski definition) is 2. The van der Waals surface area contributed by atoms with Crippen LogP contribution in [0.4, 0.5) is 0 Å². The smallest absolute Gasteiger partial charge is 0.328 e. The molecule has 0 unspecified atom stereocenters. The molecule has 1 atom stereocenters. The molecule has 2 rings (SSSR count). The highest BCUT2D eigenvalue weighted by atomic mass is 35.5. The normalized spacial score (nSPS) is 15.6. The van der Waals surface area contributed by atoms with Crippen LogP contribution in [0.5, 0.6) is 0 Å². The van der Waals surface area contributed by atoms with Crippen molar-refractivity contribution in [2.45, 2.75) is 31.7 Å². The summed E-state index contributed by atoms with van der Waals surface area (Å²) in [5.74, 6) is 3.15. The van der Waals surface area contributed by atoms with Gasteiger partial charge in [0.05, 0.1) is 15.6 Å². The molecule has 0 aromatic heterocycles. The van der Waals surface area contributed by atoms with Crippen molar-refractivity contribution in [1.82, 2.24) is 5.01 Å². The van der Waals surface area contributed by atoms with E-state index in [1.54, 1.807) is 6.07 Å². The van der Waals surface area contributed by atoms with Crippen molar-refractivity contribution in [3.8, 4) is 0 Å². The third kappa shape index (κ3) is 3.83. The van der Waals surface area contributed by atoms with E-state index in [1.165, 1.54) is 12.1 Å². The van der Waals surface area contributed by atoms with Crippen molar-refractivity contribution >= 4 is 40.9 Å². The first-order valence-electron chi connectivity index (χ1n) is 7.10. The van der Waals surface area contributed by atoms with E-state index in [9.17, 15) is 19.5 Å². The van der Waals surface area contributed by atoms with Gasteiger partial charge in [-0.25, -0.2) is 10.6 Å². The van der Waals surface area contributed by atoms with Crippen molar-refractivity contribution in [3.63, 3.8) is 0 Å². The fourth-order valence-corrected chi connectivity index (χ4v) is 2.92. The highest BCUT2D eigenvalue weighted by Gasteiger charge is 2.35. The summed E-state index contributed by atoms with van der Waals surface area (Å²) in [5.41, 5.74) is -0.0827. The monoisotopic (exact) mass is 358 g/mol. The van der Waals surface area contributed by atoms with Gasteiger partial charge in [-0.05, 0) is 25.0 Å². The molecule has 0 aliphatic heterocycles. The summed E-state index contributed by atoms with van der Waals surface area (Å²) in [4.78, 5) is 35.9. The van der Waals surface area contributed by atoms with Gasteiger partial charge in [-0.15, -0.1) is 0 Å². The summed E-state index contributed by atoms with van der Waals surface area (Å²) in [6, 6.07) is 2.99. The van der Waals surface area contributed by atoms with Crippen LogP contribution < -0.4 is 5.84 Å². The molecular weight excluding hydrogens is 343 g/mol. The molecule has 124 valence electrons. The van der Waals surface area contributed by atoms with E-state index in [-0.39, 0.29) is 33.7 Å². The van der Waals surface area contributed by atoms with Gasteiger partial charge >= 0.3 is 5.97 Å². The lowest BCUT2D eigenvalue weighted by Crippen LogP contribution is -2.51. The quantitative estimate of drug-likeness (QED) is 0.462. The van der Waals surface area contributed by atoms with E-state index >= 15 is 0 Å². The van der Waals surface area contributed by atoms with Crippen LogP contribution in [0.1, 0.15) is 36.0 Å². The Morgan fingerprint density at radius 3 is 2.26 bits per heavy atom. The minimum absolute atomic E-state index is 0.0624. The van der Waals surface area contributed by atoms with Crippen molar-refractivity contribution in [2.75, 3.05) is 0 Å². The lowest BCUT2D eigenvalue weighted by atomic mass is 9.80. The van der Waals surface area contributed by atoms with E-state index in [0.717, 1.165) is 19.3 Å². The first-order chi connectivity index (χ1) is 10.8. The number of carboxylic acid groups (broad SMARTS) is 1. The molecule has 23 heavy (non-hydrogen) atoms. The van der Waals surface area contributed by atoms with Gasteiger partial charge in [-0.2, -0.15) is 0 Å². The van der Waals surface area contributed by atoms with Gasteiger partial charge in [0.2, 0.25) is 0 Å². The second-order valence-electron chi connectivity index (χ2n) is 5.46. The topological polar surface area (TPSA) is 101 Å². The standard InChI is InChI=1S/C15H16Cl2N2O4/c16-9-5-2-6-10(17)13(9)14(21)19(18)11(15(22)23)7-12(20)8-3-1-4-8/h2,5-6,8,11H,1,3-4,7,18H2,(H,22,23)/t11-/m0/s1. The summed E-state index contributed by atoms with van der Waals surface area (Å²) in [5, 5.41) is 9.95. The van der Waals surface area contributed by atoms with Crippen LogP contribution in [0.2, 0.25) is 10.0 Å². The fourth-order valence-electron chi connectivity index (χ4n) is 2.36. The van der Waals surface area contributed by atoms with Crippen LogP contribution in [0.3, 0.4) is 0 Å². The average molecular weight is 359 g/mol. The van der Waals surface area contributed by atoms with Crippen molar-refractivity contribution < 1.29 is 19.5 Å². The maximum absolute atomic E-state index is 12.4. The summed E-state index contributed by atoms with van der Waals surface area (Å²) in [7, 11) is 0. The molecule has 3 N–H and O–H groups in total. The van der Waals surface area contributed by atoms with Gasteiger partial charge in [0.25, 0.3) is 5.91 Å². The molecule has 1 aromatic rings. The molecule has 1 aromatic carbocycles. The average Bonchev–Trinajstić information content (AvgIpc) is 2.41. The number of nitrogens with zero attached hydrogens (tertiary/aromatic N) is 1. The van der Waals surface area contributed by atoms with Gasteiger partial charge < -0.3 is 5.11 Å². The van der Waals surface area contributed by atoms with Crippen LogP contribution >= 0.6 is 23.2 Å². The zero-order valence-corrected chi connectivity index (χ0v) is 13.7. The number of amides is 1. The lowest BCUT2D eigenvalue weighted by molar-refractivity contribution is -0.145. The number of nitrogens with two attached hydrogens (primary N) is 1. The lowest BCUT2D eigenvalue weighted by Gasteiger charge is -2.28. The van der Waals surface area contributed by atoms with E-state index in [2.05, 4.69) is 0 Å². The fraction of sp³-hybridized carbons (Fsp3) is 0.400.